The van der Waals surface area contributed by atoms with E-state index in [1.165, 1.54) is 6.08 Å². The zero-order valence-electron chi connectivity index (χ0n) is 27.8. The zero-order valence-corrected chi connectivity index (χ0v) is 31.2. The van der Waals surface area contributed by atoms with E-state index in [1.807, 2.05) is 0 Å². The number of alkyl halides is 29. The van der Waals surface area contributed by atoms with Gasteiger partial charge in [0.15, 0.2) is 0 Å². The maximum absolute atomic E-state index is 13.5. The van der Waals surface area contributed by atoms with Gasteiger partial charge < -0.3 is 0 Å². The van der Waals surface area contributed by atoms with Gasteiger partial charge >= 0.3 is 73.5 Å². The quantitative estimate of drug-likeness (QED) is 0.0503. The first-order valence-corrected chi connectivity index (χ1v) is 15.7. The second-order valence-corrected chi connectivity index (χ2v) is 12.5. The average molecular weight is 1040 g/mol. The van der Waals surface area contributed by atoms with Gasteiger partial charge in [-0.25, -0.2) is 17.6 Å². The van der Waals surface area contributed by atoms with Crippen LogP contribution in [0.4, 0.5) is 123 Å². The molecule has 1 atom stereocenters. The molecule has 1 N–H and O–H groups in total. The van der Waals surface area contributed by atoms with Crippen molar-refractivity contribution < 1.29 is 123 Å². The summed E-state index contributed by atoms with van der Waals surface area (Å²) in [5.41, 5.74) is -16.3. The Bertz CT molecular complexity index is 1070. The van der Waals surface area contributed by atoms with Crippen LogP contribution in [0, 0.1) is 10.3 Å². The molecule has 1 unspecified atom stereocenters. The average Bonchev–Trinajstić information content (AvgIpc) is 2.94. The third-order valence-corrected chi connectivity index (χ3v) is 7.91. The van der Waals surface area contributed by atoms with Gasteiger partial charge in [-0.15, -0.1) is 6.58 Å². The molecule has 0 fully saturated rings. The summed E-state index contributed by atoms with van der Waals surface area (Å²) in [4.78, 5) is 0. The summed E-state index contributed by atoms with van der Waals surface area (Å²) in [5, 5.41) is 0. The minimum absolute atomic E-state index is 0. The summed E-state index contributed by atoms with van der Waals surface area (Å²) in [6, 6.07) is 0. The van der Waals surface area contributed by atoms with Crippen molar-refractivity contribution in [1.82, 2.24) is 0 Å². The summed E-state index contributed by atoms with van der Waals surface area (Å²) in [5.74, 6) is -1.70. The van der Waals surface area contributed by atoms with Gasteiger partial charge in [-0.2, -0.15) is 105 Å². The van der Waals surface area contributed by atoms with Gasteiger partial charge in [0.2, 0.25) is 0 Å². The van der Waals surface area contributed by atoms with E-state index in [9.17, 15) is 123 Å². The second-order valence-electron chi connectivity index (χ2n) is 11.0. The molecule has 4 radical (unpaired) electrons. The molecule has 0 spiro atoms. The molecule has 0 saturated heterocycles. The number of hydrogen-bond acceptors (Lipinski definition) is 1. The SMILES string of the molecule is C=CCCCCC(F)(C(F)(F)F)C(F)(F)F.CC(CCCCC(F)(C(F)(F)F)C(F)(F)F)CC(F)(C(F)(F)F)C(F)(F)F.FC(F)(F)C(F)(I)C(F)(F)F.[B].[NH]=[Al]. The van der Waals surface area contributed by atoms with Gasteiger partial charge in [0.05, 0.1) is 0 Å². The Morgan fingerprint density at radius 2 is 0.702 bits per heavy atom. The van der Waals surface area contributed by atoms with Crippen LogP contribution in [0.5, 0.6) is 0 Å². The number of allylic oxidation sites excluding steroid dienone is 1. The fourth-order valence-electron chi connectivity index (χ4n) is 3.54. The summed E-state index contributed by atoms with van der Waals surface area (Å²) in [6.07, 6.45) is -56.4. The zero-order chi connectivity index (χ0) is 46.6. The van der Waals surface area contributed by atoms with Gasteiger partial charge in [0.1, 0.15) is 0 Å². The van der Waals surface area contributed by atoms with Crippen LogP contribution in [0.15, 0.2) is 12.7 Å². The number of rotatable bonds is 12. The molecule has 0 saturated carbocycles. The number of hydrogen-bond donors (Lipinski definition) is 1. The Balaban J connectivity index is -0.000000254. The first-order valence-electron chi connectivity index (χ1n) is 14.0. The van der Waals surface area contributed by atoms with Gasteiger partial charge in [0.25, 0.3) is 17.0 Å². The fraction of sp³-hybridized carbons (Fsp3) is 0.920. The van der Waals surface area contributed by atoms with E-state index in [1.54, 1.807) is 16.1 Å². The van der Waals surface area contributed by atoms with Crippen LogP contribution in [0.25, 0.3) is 0 Å². The molecular formula is C25H26AlBF28IN. The molecule has 340 valence electrons. The van der Waals surface area contributed by atoms with E-state index in [-0.39, 0.29) is 43.8 Å². The Morgan fingerprint density at radius 1 is 0.456 bits per heavy atom. The maximum atomic E-state index is 13.5. The van der Waals surface area contributed by atoms with E-state index in [0.29, 0.717) is 6.92 Å². The van der Waals surface area contributed by atoms with E-state index >= 15 is 0 Å². The van der Waals surface area contributed by atoms with Crippen molar-refractivity contribution >= 4 is 47.1 Å². The summed E-state index contributed by atoms with van der Waals surface area (Å²) < 4.78 is 339. The Hall–Kier alpha value is -1.09. The molecule has 0 aliphatic heterocycles. The van der Waals surface area contributed by atoms with Crippen LogP contribution in [0.2, 0.25) is 0 Å². The van der Waals surface area contributed by atoms with Crippen LogP contribution in [0.3, 0.4) is 0 Å². The van der Waals surface area contributed by atoms with E-state index < -0.39 is 121 Å². The molecule has 0 heterocycles. The number of unbranched alkanes of at least 4 members (excludes halogenated alkanes) is 3. The van der Waals surface area contributed by atoms with Crippen LogP contribution in [-0.4, -0.2) is 94.6 Å². The molecule has 0 aromatic rings. The predicted octanol–water partition coefficient (Wildman–Crippen LogP) is 14.6. The first-order chi connectivity index (χ1) is 24.2. The Kier molecular flexibility index (Phi) is 25.9. The molecule has 0 aliphatic rings. The molecule has 0 amide bonds. The van der Waals surface area contributed by atoms with Crippen molar-refractivity contribution in [3.63, 3.8) is 0 Å². The molecular weight excluding hydrogens is 1010 g/mol. The van der Waals surface area contributed by atoms with Crippen molar-refractivity contribution in [1.29, 1.82) is 4.35 Å². The monoisotopic (exact) mass is 1040 g/mol. The van der Waals surface area contributed by atoms with Crippen molar-refractivity contribution in [2.75, 3.05) is 0 Å². The van der Waals surface area contributed by atoms with Crippen LogP contribution in [-0.2, 0) is 0 Å². The van der Waals surface area contributed by atoms with Gasteiger partial charge in [-0.3, -0.25) is 0 Å². The van der Waals surface area contributed by atoms with Gasteiger partial charge in [-0.1, -0.05) is 25.8 Å². The molecule has 0 aromatic carbocycles. The topological polar surface area (TPSA) is 23.9 Å². The van der Waals surface area contributed by atoms with Crippen molar-refractivity contribution in [3.05, 3.63) is 12.7 Å². The third kappa shape index (κ3) is 18.6. The summed E-state index contributed by atoms with van der Waals surface area (Å²) >= 11 is 1.34. The molecule has 0 bridgehead atoms. The molecule has 1 nitrogen and oxygen atoms in total. The fourth-order valence-corrected chi connectivity index (χ4v) is 3.54. The summed E-state index contributed by atoms with van der Waals surface area (Å²) in [6.45, 7) is 3.96. The minimum atomic E-state index is -6.32. The molecule has 0 rings (SSSR count). The van der Waals surface area contributed by atoms with Crippen molar-refractivity contribution in [2.45, 2.75) is 135 Å². The van der Waals surface area contributed by atoms with Crippen molar-refractivity contribution in [2.24, 2.45) is 5.92 Å². The van der Waals surface area contributed by atoms with Crippen molar-refractivity contribution in [3.8, 4) is 0 Å². The number of halogens is 29. The van der Waals surface area contributed by atoms with E-state index in [4.69, 9.17) is 4.35 Å². The molecule has 0 aromatic heterocycles. The van der Waals surface area contributed by atoms with Gasteiger partial charge in [-0.05, 0) is 67.0 Å². The Labute approximate surface area is 327 Å². The normalized spacial score (nSPS) is 14.8. The van der Waals surface area contributed by atoms with Crippen LogP contribution >= 0.6 is 22.6 Å². The molecule has 32 heteroatoms. The first kappa shape index (κ1) is 65.0. The Morgan fingerprint density at radius 3 is 0.895 bits per heavy atom. The van der Waals surface area contributed by atoms with Crippen LogP contribution < -0.4 is 0 Å². The second kappa shape index (κ2) is 22.7. The predicted molar refractivity (Wildman–Crippen MR) is 153 cm³/mol. The molecule has 0 aliphatic carbocycles. The van der Waals surface area contributed by atoms with Crippen LogP contribution in [0.1, 0.15) is 64.7 Å². The molecule has 57 heavy (non-hydrogen) atoms. The standard InChI is InChI=1S/C13H14F14.C9H11F7.C3F7I.Al.B.HN/c1-7(6-9(15,12(22,23)24)13(25,26)27)4-2-3-5-8(14,10(16,17)18)11(19,20)21;1-2-3-4-5-6-7(10,8(11,12)13)9(14,15)16;4-1(11,2(5,6)7)3(8,9)10;;;/h7H,2-6H2,1H3;2H,1,3-6H2;;;;1H. The summed E-state index contributed by atoms with van der Waals surface area (Å²) in [7, 11) is 0. The third-order valence-electron chi connectivity index (χ3n) is 6.69. The van der Waals surface area contributed by atoms with E-state index in [0.717, 1.165) is 0 Å². The van der Waals surface area contributed by atoms with E-state index in [2.05, 4.69) is 6.58 Å². The van der Waals surface area contributed by atoms with Gasteiger partial charge in [0, 0.05) is 14.8 Å². The number of nitrogens with one attached hydrogen (secondary N) is 1.